The molecule has 0 spiro atoms. The number of rotatable bonds is 9. The van der Waals surface area contributed by atoms with Gasteiger partial charge in [0.2, 0.25) is 0 Å². The summed E-state index contributed by atoms with van der Waals surface area (Å²) in [6.45, 7) is 2.11. The molecule has 1 saturated carbocycles. The number of allylic oxidation sites excluding steroid dienone is 2. The third kappa shape index (κ3) is 7.48. The molecule has 0 aromatic heterocycles. The van der Waals surface area contributed by atoms with Crippen LogP contribution in [0.15, 0.2) is 54.6 Å². The summed E-state index contributed by atoms with van der Waals surface area (Å²) in [7, 11) is 0. The van der Waals surface area contributed by atoms with Gasteiger partial charge in [0.1, 0.15) is 17.3 Å². The predicted molar refractivity (Wildman–Crippen MR) is 134 cm³/mol. The van der Waals surface area contributed by atoms with Crippen LogP contribution in [0.5, 0.6) is 11.5 Å². The Labute approximate surface area is 220 Å². The lowest BCUT2D eigenvalue weighted by atomic mass is 9.71. The maximum atomic E-state index is 14.8. The molecule has 2 aromatic carbocycles. The van der Waals surface area contributed by atoms with Crippen LogP contribution < -0.4 is 9.47 Å². The molecule has 0 aliphatic heterocycles. The van der Waals surface area contributed by atoms with Crippen LogP contribution in [-0.2, 0) is 6.42 Å². The molecule has 2 aromatic rings. The van der Waals surface area contributed by atoms with E-state index >= 15 is 0 Å². The fraction of sp³-hybridized carbons (Fsp3) is 0.533. The van der Waals surface area contributed by atoms with E-state index in [4.69, 9.17) is 4.74 Å². The third-order valence-electron chi connectivity index (χ3n) is 7.85. The van der Waals surface area contributed by atoms with E-state index in [0.717, 1.165) is 67.5 Å². The molecule has 2 aliphatic rings. The van der Waals surface area contributed by atoms with Gasteiger partial charge < -0.3 is 9.47 Å². The molecule has 1 fully saturated rings. The Morgan fingerprint density at radius 3 is 2.00 bits per heavy atom. The summed E-state index contributed by atoms with van der Waals surface area (Å²) in [4.78, 5) is 0. The molecule has 0 saturated heterocycles. The lowest BCUT2D eigenvalue weighted by Gasteiger charge is -2.37. The van der Waals surface area contributed by atoms with Crippen molar-refractivity contribution in [3.05, 3.63) is 71.6 Å². The molecule has 0 N–H and O–H groups in total. The van der Waals surface area contributed by atoms with Gasteiger partial charge in [-0.15, -0.1) is 13.2 Å². The van der Waals surface area contributed by atoms with Crippen molar-refractivity contribution in [3.8, 4) is 11.5 Å². The average Bonchev–Trinajstić information content (AvgIpc) is 2.88. The van der Waals surface area contributed by atoms with Crippen LogP contribution in [0.25, 0.3) is 0 Å². The zero-order valence-corrected chi connectivity index (χ0v) is 21.5. The first-order valence-electron chi connectivity index (χ1n) is 13.4. The molecular formula is C30H34F6O2. The molecule has 208 valence electrons. The Balaban J connectivity index is 1.28. The smallest absolute Gasteiger partial charge is 0.432 e. The highest BCUT2D eigenvalue weighted by Gasteiger charge is 2.45. The Kier molecular flexibility index (Phi) is 8.99. The fourth-order valence-electron chi connectivity index (χ4n) is 5.73. The van der Waals surface area contributed by atoms with Crippen molar-refractivity contribution >= 4 is 0 Å². The average molecular weight is 541 g/mol. The summed E-state index contributed by atoms with van der Waals surface area (Å²) in [5.74, 6) is -1.22. The lowest BCUT2D eigenvalue weighted by molar-refractivity contribution is -0.274. The normalized spacial score (nSPS) is 24.3. The van der Waals surface area contributed by atoms with E-state index in [0.29, 0.717) is 31.6 Å². The molecular weight excluding hydrogens is 506 g/mol. The van der Waals surface area contributed by atoms with Crippen molar-refractivity contribution < 1.29 is 35.8 Å². The molecule has 0 heterocycles. The highest BCUT2D eigenvalue weighted by Crippen LogP contribution is 2.45. The van der Waals surface area contributed by atoms with Crippen molar-refractivity contribution in [1.29, 1.82) is 0 Å². The van der Waals surface area contributed by atoms with Crippen molar-refractivity contribution in [2.45, 2.75) is 83.1 Å². The van der Waals surface area contributed by atoms with Crippen LogP contribution >= 0.6 is 0 Å². The molecule has 4 rings (SSSR count). The highest BCUT2D eigenvalue weighted by molar-refractivity contribution is 5.32. The Morgan fingerprint density at radius 1 is 0.789 bits per heavy atom. The van der Waals surface area contributed by atoms with E-state index in [1.807, 2.05) is 12.1 Å². The molecule has 2 atom stereocenters. The largest absolute Gasteiger partial charge is 0.573 e. The molecule has 8 heteroatoms. The third-order valence-corrected chi connectivity index (χ3v) is 7.85. The standard InChI is InChI=1S/C30H34F6O2/c1-2-3-4-20-5-18-27(28(31)19-20)23-8-6-21(7-9-23)22-10-12-24(13-11-22)29(32,33)37-25-14-16-26(17-15-25)38-30(34,35)36/h5-6,8,14-19,21-24H,2-4,7,9-13H2,1H3. The minimum atomic E-state index is -4.85. The van der Waals surface area contributed by atoms with E-state index in [2.05, 4.69) is 23.8 Å². The van der Waals surface area contributed by atoms with E-state index in [1.165, 1.54) is 0 Å². The van der Waals surface area contributed by atoms with Crippen LogP contribution in [0.4, 0.5) is 26.3 Å². The Bertz CT molecular complexity index is 1070. The second-order valence-electron chi connectivity index (χ2n) is 10.5. The first-order valence-corrected chi connectivity index (χ1v) is 13.4. The van der Waals surface area contributed by atoms with Gasteiger partial charge in [0.05, 0.1) is 5.92 Å². The Hall–Kier alpha value is -2.64. The van der Waals surface area contributed by atoms with Crippen molar-refractivity contribution in [3.63, 3.8) is 0 Å². The van der Waals surface area contributed by atoms with E-state index in [1.54, 1.807) is 6.07 Å². The van der Waals surface area contributed by atoms with Crippen LogP contribution in [0, 0.1) is 23.6 Å². The van der Waals surface area contributed by atoms with Crippen LogP contribution in [0.3, 0.4) is 0 Å². The van der Waals surface area contributed by atoms with Gasteiger partial charge in [-0.25, -0.2) is 4.39 Å². The van der Waals surface area contributed by atoms with Gasteiger partial charge in [0, 0.05) is 5.92 Å². The first-order chi connectivity index (χ1) is 18.0. The quantitative estimate of drug-likeness (QED) is 0.233. The predicted octanol–water partition coefficient (Wildman–Crippen LogP) is 9.59. The van der Waals surface area contributed by atoms with Gasteiger partial charge in [-0.1, -0.05) is 37.6 Å². The number of unbranched alkanes of at least 4 members (excludes halogenated alkanes) is 1. The maximum Gasteiger partial charge on any atom is 0.573 e. The summed E-state index contributed by atoms with van der Waals surface area (Å²) in [5.41, 5.74) is 1.74. The molecule has 0 amide bonds. The van der Waals surface area contributed by atoms with Crippen LogP contribution in [-0.4, -0.2) is 12.5 Å². The van der Waals surface area contributed by atoms with E-state index in [-0.39, 0.29) is 23.4 Å². The van der Waals surface area contributed by atoms with Crippen molar-refractivity contribution in [2.24, 2.45) is 17.8 Å². The van der Waals surface area contributed by atoms with Gasteiger partial charge in [-0.2, -0.15) is 8.78 Å². The summed E-state index contributed by atoms with van der Waals surface area (Å²) in [6, 6.07) is 9.56. The second kappa shape index (κ2) is 12.0. The number of hydrogen-bond donors (Lipinski definition) is 0. The van der Waals surface area contributed by atoms with Crippen LogP contribution in [0.2, 0.25) is 0 Å². The zero-order chi connectivity index (χ0) is 27.3. The molecule has 0 bridgehead atoms. The number of halogens is 6. The molecule has 38 heavy (non-hydrogen) atoms. The van der Waals surface area contributed by atoms with Gasteiger partial charge in [0.25, 0.3) is 0 Å². The first kappa shape index (κ1) is 28.4. The van der Waals surface area contributed by atoms with Gasteiger partial charge in [-0.05, 0) is 105 Å². The SMILES string of the molecule is CCCCc1ccc(C2C=CC(C3CCC(C(F)(F)Oc4ccc(OC(F)(F)F)cc4)CC3)CC2)c(F)c1. The van der Waals surface area contributed by atoms with Crippen molar-refractivity contribution in [2.75, 3.05) is 0 Å². The minimum absolute atomic E-state index is 0.0356. The van der Waals surface area contributed by atoms with E-state index in [9.17, 15) is 26.3 Å². The number of hydrogen-bond acceptors (Lipinski definition) is 2. The number of aryl methyl sites for hydroxylation is 1. The maximum absolute atomic E-state index is 14.8. The summed E-state index contributed by atoms with van der Waals surface area (Å²) in [6.07, 6.45) is 2.54. The van der Waals surface area contributed by atoms with Gasteiger partial charge in [0.15, 0.2) is 0 Å². The second-order valence-corrected chi connectivity index (χ2v) is 10.5. The number of benzene rings is 2. The van der Waals surface area contributed by atoms with Crippen molar-refractivity contribution in [1.82, 2.24) is 0 Å². The monoisotopic (exact) mass is 540 g/mol. The summed E-state index contributed by atoms with van der Waals surface area (Å²) < 4.78 is 89.9. The van der Waals surface area contributed by atoms with Gasteiger partial charge in [-0.3, -0.25) is 0 Å². The molecule has 2 unspecified atom stereocenters. The summed E-state index contributed by atoms with van der Waals surface area (Å²) in [5, 5.41) is 0. The molecule has 2 nitrogen and oxygen atoms in total. The summed E-state index contributed by atoms with van der Waals surface area (Å²) >= 11 is 0. The fourth-order valence-corrected chi connectivity index (χ4v) is 5.73. The zero-order valence-electron chi connectivity index (χ0n) is 21.5. The topological polar surface area (TPSA) is 18.5 Å². The van der Waals surface area contributed by atoms with Gasteiger partial charge >= 0.3 is 12.5 Å². The van der Waals surface area contributed by atoms with E-state index < -0.39 is 24.1 Å². The highest BCUT2D eigenvalue weighted by atomic mass is 19.4. The molecule has 0 radical (unpaired) electrons. The minimum Gasteiger partial charge on any atom is -0.432 e. The number of ether oxygens (including phenoxy) is 2. The lowest BCUT2D eigenvalue weighted by Crippen LogP contribution is -2.38. The van der Waals surface area contributed by atoms with Crippen LogP contribution in [0.1, 0.15) is 75.3 Å². The number of alkyl halides is 5. The molecule has 2 aliphatic carbocycles. The Morgan fingerprint density at radius 2 is 1.45 bits per heavy atom.